The van der Waals surface area contributed by atoms with Gasteiger partial charge in [-0.3, -0.25) is 9.69 Å². The van der Waals surface area contributed by atoms with Gasteiger partial charge in [-0.15, -0.1) is 0 Å². The maximum atomic E-state index is 11.7. The molecule has 0 bridgehead atoms. The van der Waals surface area contributed by atoms with Crippen LogP contribution in [0.25, 0.3) is 0 Å². The molecule has 3 nitrogen and oxygen atoms in total. The van der Waals surface area contributed by atoms with Crippen molar-refractivity contribution in [1.29, 1.82) is 0 Å². The zero-order valence-corrected chi connectivity index (χ0v) is 11.6. The van der Waals surface area contributed by atoms with Gasteiger partial charge in [0.2, 0.25) is 5.91 Å². The van der Waals surface area contributed by atoms with Crippen LogP contribution in [-0.4, -0.2) is 48.4 Å². The van der Waals surface area contributed by atoms with Crippen LogP contribution in [0, 0.1) is 0 Å². The first-order valence-corrected chi connectivity index (χ1v) is 7.28. The molecular formula is C14H28N2O. The second-order valence-corrected chi connectivity index (χ2v) is 5.03. The van der Waals surface area contributed by atoms with Crippen molar-refractivity contribution in [3.8, 4) is 0 Å². The fourth-order valence-corrected chi connectivity index (χ4v) is 2.36. The van der Waals surface area contributed by atoms with Crippen LogP contribution in [-0.2, 0) is 4.79 Å². The normalized spacial score (nSPS) is 17.4. The molecule has 1 aliphatic heterocycles. The molecule has 0 radical (unpaired) electrons. The summed E-state index contributed by atoms with van der Waals surface area (Å²) in [5, 5.41) is 0. The van der Waals surface area contributed by atoms with Crippen LogP contribution in [0.15, 0.2) is 0 Å². The maximum Gasteiger partial charge on any atom is 0.222 e. The molecule has 1 heterocycles. The Labute approximate surface area is 106 Å². The van der Waals surface area contributed by atoms with Crippen LogP contribution < -0.4 is 0 Å². The highest BCUT2D eigenvalue weighted by atomic mass is 16.2. The Morgan fingerprint density at radius 3 is 2.24 bits per heavy atom. The molecule has 0 aromatic heterocycles. The molecule has 0 aromatic carbocycles. The van der Waals surface area contributed by atoms with Gasteiger partial charge in [0.15, 0.2) is 0 Å². The summed E-state index contributed by atoms with van der Waals surface area (Å²) >= 11 is 0. The van der Waals surface area contributed by atoms with Crippen molar-refractivity contribution >= 4 is 5.91 Å². The van der Waals surface area contributed by atoms with Crippen LogP contribution in [0.3, 0.4) is 0 Å². The van der Waals surface area contributed by atoms with Crippen LogP contribution >= 0.6 is 0 Å². The highest BCUT2D eigenvalue weighted by Crippen LogP contribution is 2.07. The molecule has 1 aliphatic rings. The van der Waals surface area contributed by atoms with Crippen molar-refractivity contribution in [1.82, 2.24) is 9.80 Å². The zero-order chi connectivity index (χ0) is 12.5. The highest BCUT2D eigenvalue weighted by Gasteiger charge is 2.19. The topological polar surface area (TPSA) is 23.6 Å². The molecule has 0 atom stereocenters. The number of unbranched alkanes of at least 4 members (excludes halogenated alkanes) is 3. The summed E-state index contributed by atoms with van der Waals surface area (Å²) in [4.78, 5) is 16.3. The van der Waals surface area contributed by atoms with E-state index in [4.69, 9.17) is 0 Å². The molecule has 1 rings (SSSR count). The molecule has 0 aromatic rings. The van der Waals surface area contributed by atoms with Crippen molar-refractivity contribution in [3.05, 3.63) is 0 Å². The van der Waals surface area contributed by atoms with Crippen LogP contribution in [0.4, 0.5) is 0 Å². The lowest BCUT2D eigenvalue weighted by Gasteiger charge is -2.34. The minimum Gasteiger partial charge on any atom is -0.340 e. The first-order valence-electron chi connectivity index (χ1n) is 7.28. The first-order chi connectivity index (χ1) is 8.27. The van der Waals surface area contributed by atoms with Gasteiger partial charge >= 0.3 is 0 Å². The molecule has 1 saturated heterocycles. The highest BCUT2D eigenvalue weighted by molar-refractivity contribution is 5.76. The van der Waals surface area contributed by atoms with Crippen molar-refractivity contribution in [2.45, 2.75) is 52.4 Å². The first kappa shape index (κ1) is 14.5. The van der Waals surface area contributed by atoms with Gasteiger partial charge in [-0.1, -0.05) is 33.1 Å². The third-order valence-electron chi connectivity index (χ3n) is 3.52. The van der Waals surface area contributed by atoms with Crippen LogP contribution in [0.1, 0.15) is 52.4 Å². The minimum atomic E-state index is 0.345. The lowest BCUT2D eigenvalue weighted by Crippen LogP contribution is -2.48. The molecule has 3 heteroatoms. The average Bonchev–Trinajstić information content (AvgIpc) is 2.36. The second-order valence-electron chi connectivity index (χ2n) is 5.03. The molecule has 0 spiro atoms. The van der Waals surface area contributed by atoms with Gasteiger partial charge in [0.25, 0.3) is 0 Å². The zero-order valence-electron chi connectivity index (χ0n) is 11.6. The Bertz CT molecular complexity index is 210. The van der Waals surface area contributed by atoms with Crippen LogP contribution in [0.2, 0.25) is 0 Å². The number of amides is 1. The maximum absolute atomic E-state index is 11.7. The van der Waals surface area contributed by atoms with Gasteiger partial charge in [-0.25, -0.2) is 0 Å². The predicted molar refractivity (Wildman–Crippen MR) is 72.1 cm³/mol. The Balaban J connectivity index is 2.11. The second kappa shape index (κ2) is 8.51. The number of carbonyl (C=O) groups excluding carboxylic acids is 1. The Morgan fingerprint density at radius 2 is 1.65 bits per heavy atom. The summed E-state index contributed by atoms with van der Waals surface area (Å²) in [6.07, 6.45) is 7.02. The van der Waals surface area contributed by atoms with Gasteiger partial charge < -0.3 is 4.90 Å². The lowest BCUT2D eigenvalue weighted by atomic mass is 10.2. The summed E-state index contributed by atoms with van der Waals surface area (Å²) in [5.41, 5.74) is 0. The van der Waals surface area contributed by atoms with Gasteiger partial charge in [-0.2, -0.15) is 0 Å². The molecule has 0 unspecified atom stereocenters. The van der Waals surface area contributed by atoms with E-state index in [0.717, 1.165) is 39.0 Å². The van der Waals surface area contributed by atoms with E-state index in [1.54, 1.807) is 0 Å². The quantitative estimate of drug-likeness (QED) is 0.638. The summed E-state index contributed by atoms with van der Waals surface area (Å²) in [6.45, 7) is 9.55. The predicted octanol–water partition coefficient (Wildman–Crippen LogP) is 2.51. The third kappa shape index (κ3) is 5.53. The van der Waals surface area contributed by atoms with Crippen molar-refractivity contribution < 1.29 is 4.79 Å². The Morgan fingerprint density at radius 1 is 0.941 bits per heavy atom. The number of piperazine rings is 1. The summed E-state index contributed by atoms with van der Waals surface area (Å²) in [5.74, 6) is 0.345. The fourth-order valence-electron chi connectivity index (χ4n) is 2.36. The van der Waals surface area contributed by atoms with Crippen molar-refractivity contribution in [2.75, 3.05) is 32.7 Å². The molecule has 1 amide bonds. The largest absolute Gasteiger partial charge is 0.340 e. The monoisotopic (exact) mass is 240 g/mol. The number of hydrogen-bond donors (Lipinski definition) is 0. The minimum absolute atomic E-state index is 0.345. The molecular weight excluding hydrogens is 212 g/mol. The third-order valence-corrected chi connectivity index (χ3v) is 3.52. The summed E-state index contributed by atoms with van der Waals surface area (Å²) in [7, 11) is 0. The van der Waals surface area contributed by atoms with Crippen molar-refractivity contribution in [2.24, 2.45) is 0 Å². The molecule has 0 N–H and O–H groups in total. The van der Waals surface area contributed by atoms with E-state index < -0.39 is 0 Å². The molecule has 0 saturated carbocycles. The van der Waals surface area contributed by atoms with E-state index in [9.17, 15) is 4.79 Å². The van der Waals surface area contributed by atoms with Gasteiger partial charge in [0.1, 0.15) is 0 Å². The smallest absolute Gasteiger partial charge is 0.222 e. The average molecular weight is 240 g/mol. The van der Waals surface area contributed by atoms with E-state index in [0.29, 0.717) is 5.91 Å². The number of hydrogen-bond acceptors (Lipinski definition) is 2. The Kier molecular flexibility index (Phi) is 7.25. The molecule has 1 fully saturated rings. The number of rotatable bonds is 7. The summed E-state index contributed by atoms with van der Waals surface area (Å²) in [6, 6.07) is 0. The van der Waals surface area contributed by atoms with E-state index >= 15 is 0 Å². The van der Waals surface area contributed by atoms with Gasteiger partial charge in [-0.05, 0) is 19.4 Å². The standard InChI is InChI=1S/C14H28N2O/c1-3-5-6-7-9-15-10-12-16(13-11-15)14(17)8-4-2/h3-13H2,1-2H3. The molecule has 0 aliphatic carbocycles. The van der Waals surface area contributed by atoms with E-state index in [1.807, 2.05) is 4.90 Å². The van der Waals surface area contributed by atoms with Gasteiger partial charge in [0, 0.05) is 32.6 Å². The fraction of sp³-hybridized carbons (Fsp3) is 0.929. The molecule has 100 valence electrons. The van der Waals surface area contributed by atoms with E-state index in [1.165, 1.54) is 32.2 Å². The van der Waals surface area contributed by atoms with E-state index in [-0.39, 0.29) is 0 Å². The number of carbonyl (C=O) groups is 1. The van der Waals surface area contributed by atoms with Crippen molar-refractivity contribution in [3.63, 3.8) is 0 Å². The van der Waals surface area contributed by atoms with Crippen LogP contribution in [0.5, 0.6) is 0 Å². The Hall–Kier alpha value is -0.570. The number of nitrogens with zero attached hydrogens (tertiary/aromatic N) is 2. The van der Waals surface area contributed by atoms with Gasteiger partial charge in [0.05, 0.1) is 0 Å². The summed E-state index contributed by atoms with van der Waals surface area (Å²) < 4.78 is 0. The SMILES string of the molecule is CCCCCCN1CCN(C(=O)CCC)CC1. The molecule has 17 heavy (non-hydrogen) atoms. The lowest BCUT2D eigenvalue weighted by molar-refractivity contribution is -0.132. The van der Waals surface area contributed by atoms with E-state index in [2.05, 4.69) is 18.7 Å².